The topological polar surface area (TPSA) is 62.5 Å². The lowest BCUT2D eigenvalue weighted by atomic mass is 10.0. The number of nitrogens with zero attached hydrogens (tertiary/aromatic N) is 2. The van der Waals surface area contributed by atoms with Crippen LogP contribution in [0.25, 0.3) is 0 Å². The Morgan fingerprint density at radius 3 is 2.48 bits per heavy atom. The number of nitrogens with one attached hydrogen (secondary N) is 2. The summed E-state index contributed by atoms with van der Waals surface area (Å²) < 4.78 is 5.55. The maximum absolute atomic E-state index is 5.55. The number of aryl methyl sites for hydroxylation is 2. The zero-order chi connectivity index (χ0) is 15.8. The molecule has 5 nitrogen and oxygen atoms in total. The molecule has 5 heteroatoms. The molecule has 1 aromatic heterocycles. The fourth-order valence-corrected chi connectivity index (χ4v) is 2.11. The van der Waals surface area contributed by atoms with E-state index in [9.17, 15) is 0 Å². The van der Waals surface area contributed by atoms with Crippen molar-refractivity contribution in [1.29, 1.82) is 0 Å². The first-order valence-electron chi connectivity index (χ1n) is 7.82. The lowest BCUT2D eigenvalue weighted by molar-refractivity contribution is 0.460. The van der Waals surface area contributed by atoms with Gasteiger partial charge in [-0.1, -0.05) is 26.7 Å². The van der Waals surface area contributed by atoms with Gasteiger partial charge >= 0.3 is 0 Å². The average molecular weight is 294 g/mol. The second kappa shape index (κ2) is 8.70. The fourth-order valence-electron chi connectivity index (χ4n) is 2.11. The van der Waals surface area contributed by atoms with Gasteiger partial charge in [-0.05, 0) is 33.1 Å². The number of hydrogen-bond donors (Lipinski definition) is 2. The van der Waals surface area contributed by atoms with Gasteiger partial charge in [-0.3, -0.25) is 4.99 Å². The Labute approximate surface area is 128 Å². The summed E-state index contributed by atoms with van der Waals surface area (Å²) in [5, 5.41) is 6.64. The molecule has 0 aliphatic carbocycles. The Balaban J connectivity index is 2.34. The third kappa shape index (κ3) is 6.65. The van der Waals surface area contributed by atoms with Crippen molar-refractivity contribution in [2.45, 2.75) is 66.5 Å². The molecule has 0 saturated carbocycles. The summed E-state index contributed by atoms with van der Waals surface area (Å²) in [4.78, 5) is 8.59. The molecular weight excluding hydrogens is 264 g/mol. The lowest BCUT2D eigenvalue weighted by Gasteiger charge is -2.17. The van der Waals surface area contributed by atoms with Crippen molar-refractivity contribution in [3.05, 3.63) is 17.3 Å². The van der Waals surface area contributed by atoms with Gasteiger partial charge in [-0.25, -0.2) is 4.98 Å². The molecule has 1 aromatic rings. The van der Waals surface area contributed by atoms with Crippen LogP contribution in [0.4, 0.5) is 0 Å². The zero-order valence-corrected chi connectivity index (χ0v) is 14.3. The second-order valence-corrected chi connectivity index (χ2v) is 6.05. The van der Waals surface area contributed by atoms with Gasteiger partial charge in [-0.15, -0.1) is 0 Å². The van der Waals surface area contributed by atoms with Crippen molar-refractivity contribution in [3.8, 4) is 0 Å². The minimum Gasteiger partial charge on any atom is -0.444 e. The first-order valence-corrected chi connectivity index (χ1v) is 7.82. The van der Waals surface area contributed by atoms with Crippen LogP contribution in [0.3, 0.4) is 0 Å². The molecule has 0 saturated heterocycles. The molecule has 0 aliphatic heterocycles. The van der Waals surface area contributed by atoms with Crippen molar-refractivity contribution >= 4 is 5.96 Å². The van der Waals surface area contributed by atoms with Crippen molar-refractivity contribution in [3.63, 3.8) is 0 Å². The number of oxazole rings is 1. The molecule has 1 atom stereocenters. The van der Waals surface area contributed by atoms with Crippen LogP contribution >= 0.6 is 0 Å². The van der Waals surface area contributed by atoms with Gasteiger partial charge in [0.1, 0.15) is 5.76 Å². The molecule has 0 aliphatic rings. The van der Waals surface area contributed by atoms with E-state index in [1.165, 1.54) is 12.8 Å². The van der Waals surface area contributed by atoms with E-state index in [1.54, 1.807) is 7.05 Å². The van der Waals surface area contributed by atoms with Crippen LogP contribution in [-0.4, -0.2) is 24.0 Å². The van der Waals surface area contributed by atoms with Crippen LogP contribution in [0.15, 0.2) is 9.41 Å². The van der Waals surface area contributed by atoms with Crippen molar-refractivity contribution in [1.82, 2.24) is 15.6 Å². The minimum atomic E-state index is 0.406. The van der Waals surface area contributed by atoms with Crippen molar-refractivity contribution in [2.24, 2.45) is 10.9 Å². The monoisotopic (exact) mass is 294 g/mol. The number of aliphatic imine (C=N–C) groups is 1. The molecule has 2 N–H and O–H groups in total. The van der Waals surface area contributed by atoms with Crippen molar-refractivity contribution in [2.75, 3.05) is 7.05 Å². The predicted molar refractivity (Wildman–Crippen MR) is 87.5 cm³/mol. The average Bonchev–Trinajstić information content (AvgIpc) is 2.73. The van der Waals surface area contributed by atoms with Gasteiger partial charge in [0, 0.05) is 13.1 Å². The van der Waals surface area contributed by atoms with Crippen LogP contribution in [0.5, 0.6) is 0 Å². The first-order chi connectivity index (χ1) is 9.92. The molecule has 0 radical (unpaired) electrons. The first kappa shape index (κ1) is 17.5. The van der Waals surface area contributed by atoms with Crippen LogP contribution in [0.1, 0.15) is 57.4 Å². The van der Waals surface area contributed by atoms with Crippen LogP contribution in [0.2, 0.25) is 0 Å². The lowest BCUT2D eigenvalue weighted by Crippen LogP contribution is -2.41. The molecule has 21 heavy (non-hydrogen) atoms. The predicted octanol–water partition coefficient (Wildman–Crippen LogP) is 3.17. The van der Waals surface area contributed by atoms with E-state index in [1.807, 2.05) is 13.8 Å². The van der Waals surface area contributed by atoms with E-state index < -0.39 is 0 Å². The van der Waals surface area contributed by atoms with E-state index in [-0.39, 0.29) is 0 Å². The third-order valence-electron chi connectivity index (χ3n) is 3.51. The normalized spacial score (nSPS) is 13.6. The van der Waals surface area contributed by atoms with E-state index in [0.717, 1.165) is 29.8 Å². The Morgan fingerprint density at radius 2 is 1.95 bits per heavy atom. The molecule has 0 aromatic carbocycles. The van der Waals surface area contributed by atoms with Crippen molar-refractivity contribution < 1.29 is 4.42 Å². The maximum atomic E-state index is 5.55. The quantitative estimate of drug-likeness (QED) is 0.599. The summed E-state index contributed by atoms with van der Waals surface area (Å²) in [6, 6.07) is 0.406. The molecule has 1 heterocycles. The molecule has 120 valence electrons. The summed E-state index contributed by atoms with van der Waals surface area (Å²) >= 11 is 0. The Hall–Kier alpha value is -1.52. The van der Waals surface area contributed by atoms with Crippen LogP contribution in [-0.2, 0) is 6.54 Å². The molecule has 1 rings (SSSR count). The molecular formula is C16H30N4O. The van der Waals surface area contributed by atoms with Gasteiger partial charge in [-0.2, -0.15) is 0 Å². The highest BCUT2D eigenvalue weighted by Gasteiger charge is 2.08. The maximum Gasteiger partial charge on any atom is 0.214 e. The van der Waals surface area contributed by atoms with Gasteiger partial charge in [0.15, 0.2) is 5.96 Å². The van der Waals surface area contributed by atoms with E-state index in [2.05, 4.69) is 41.4 Å². The Morgan fingerprint density at radius 1 is 1.24 bits per heavy atom. The van der Waals surface area contributed by atoms with Gasteiger partial charge < -0.3 is 15.1 Å². The molecule has 0 spiro atoms. The summed E-state index contributed by atoms with van der Waals surface area (Å²) in [7, 11) is 1.78. The largest absolute Gasteiger partial charge is 0.444 e. The van der Waals surface area contributed by atoms with E-state index in [4.69, 9.17) is 4.42 Å². The van der Waals surface area contributed by atoms with Crippen LogP contribution in [0, 0.1) is 19.8 Å². The highest BCUT2D eigenvalue weighted by molar-refractivity contribution is 5.79. The third-order valence-corrected chi connectivity index (χ3v) is 3.51. The van der Waals surface area contributed by atoms with E-state index in [0.29, 0.717) is 18.5 Å². The second-order valence-electron chi connectivity index (χ2n) is 6.05. The number of rotatable bonds is 7. The zero-order valence-electron chi connectivity index (χ0n) is 14.3. The highest BCUT2D eigenvalue weighted by atomic mass is 16.4. The summed E-state index contributed by atoms with van der Waals surface area (Å²) in [5.41, 5.74) is 0.941. The summed E-state index contributed by atoms with van der Waals surface area (Å²) in [6.07, 6.45) is 3.66. The highest BCUT2D eigenvalue weighted by Crippen LogP contribution is 2.09. The van der Waals surface area contributed by atoms with Gasteiger partial charge in [0.2, 0.25) is 5.89 Å². The molecule has 0 bridgehead atoms. The summed E-state index contributed by atoms with van der Waals surface area (Å²) in [6.45, 7) is 11.1. The standard InChI is InChI=1S/C16H30N4O/c1-11(2)8-7-9-12(3)19-16(17-6)18-10-15-20-13(4)14(5)21-15/h11-12H,7-10H2,1-6H3,(H2,17,18,19). The molecule has 0 amide bonds. The fraction of sp³-hybridized carbons (Fsp3) is 0.750. The van der Waals surface area contributed by atoms with Gasteiger partial charge in [0.25, 0.3) is 0 Å². The van der Waals surface area contributed by atoms with E-state index >= 15 is 0 Å². The Bertz CT molecular complexity index is 432. The summed E-state index contributed by atoms with van der Waals surface area (Å²) in [5.74, 6) is 3.13. The number of hydrogen-bond acceptors (Lipinski definition) is 3. The number of guanidine groups is 1. The molecule has 0 fully saturated rings. The van der Waals surface area contributed by atoms with Crippen LogP contribution < -0.4 is 10.6 Å². The van der Waals surface area contributed by atoms with Gasteiger partial charge in [0.05, 0.1) is 12.2 Å². The Kier molecular flexibility index (Phi) is 7.26. The minimum absolute atomic E-state index is 0.406. The SMILES string of the molecule is CN=C(NCc1nc(C)c(C)o1)NC(C)CCCC(C)C. The smallest absolute Gasteiger partial charge is 0.214 e. The number of aromatic nitrogens is 1. The molecule has 1 unspecified atom stereocenters.